The van der Waals surface area contributed by atoms with Gasteiger partial charge in [-0.2, -0.15) is 0 Å². The summed E-state index contributed by atoms with van der Waals surface area (Å²) in [5, 5.41) is 0. The smallest absolute Gasteiger partial charge is 0.225 e. The number of likely N-dealkylation sites (N-methyl/N-ethyl adjacent to an activating group) is 1. The van der Waals surface area contributed by atoms with Crippen LogP contribution in [-0.2, 0) is 6.42 Å². The summed E-state index contributed by atoms with van der Waals surface area (Å²) in [4.78, 5) is 11.1. The van der Waals surface area contributed by atoms with Gasteiger partial charge in [-0.05, 0) is 25.0 Å². The van der Waals surface area contributed by atoms with Crippen LogP contribution in [0, 0.1) is 6.92 Å². The minimum absolute atomic E-state index is 0.299. The van der Waals surface area contributed by atoms with Crippen molar-refractivity contribution in [1.29, 1.82) is 0 Å². The molecule has 104 valence electrons. The Bertz CT molecular complexity index is 598. The molecule has 1 aromatic heterocycles. The number of rotatable bonds is 5. The highest BCUT2D eigenvalue weighted by atomic mass is 32.1. The maximum absolute atomic E-state index is 5.64. The van der Waals surface area contributed by atoms with Crippen LogP contribution in [0.15, 0.2) is 36.4 Å². The molecule has 0 spiro atoms. The summed E-state index contributed by atoms with van der Waals surface area (Å²) < 4.78 is 0. The molecule has 0 bridgehead atoms. The lowest BCUT2D eigenvalue weighted by atomic mass is 10.1. The van der Waals surface area contributed by atoms with Gasteiger partial charge < -0.3 is 10.6 Å². The Balaban J connectivity index is 2.09. The summed E-state index contributed by atoms with van der Waals surface area (Å²) in [5.41, 5.74) is 8.42. The summed E-state index contributed by atoms with van der Waals surface area (Å²) in [7, 11) is 1.97. The summed E-state index contributed by atoms with van der Waals surface area (Å²) in [6, 6.07) is 12.1. The molecule has 0 radical (unpaired) electrons. The summed E-state index contributed by atoms with van der Waals surface area (Å²) in [5.74, 6) is 0.656. The minimum Gasteiger partial charge on any atom is -0.388 e. The van der Waals surface area contributed by atoms with E-state index in [9.17, 15) is 0 Å². The van der Waals surface area contributed by atoms with Crippen LogP contribution in [0.2, 0.25) is 0 Å². The van der Waals surface area contributed by atoms with Gasteiger partial charge in [0.2, 0.25) is 5.95 Å². The van der Waals surface area contributed by atoms with Crippen molar-refractivity contribution in [3.63, 3.8) is 0 Å². The third-order valence-electron chi connectivity index (χ3n) is 3.01. The number of hydrogen-bond donors (Lipinski definition) is 1. The molecule has 1 heterocycles. The Morgan fingerprint density at radius 3 is 2.60 bits per heavy atom. The number of nitrogens with two attached hydrogens (primary N) is 1. The van der Waals surface area contributed by atoms with Crippen molar-refractivity contribution in [2.45, 2.75) is 13.3 Å². The van der Waals surface area contributed by atoms with Crippen LogP contribution in [-0.4, -0.2) is 28.5 Å². The Morgan fingerprint density at radius 1 is 1.25 bits per heavy atom. The summed E-state index contributed by atoms with van der Waals surface area (Å²) in [6.07, 6.45) is 0.942. The molecular formula is C15H18N4S. The van der Waals surface area contributed by atoms with E-state index in [1.54, 1.807) is 6.07 Å². The molecule has 2 aromatic rings. The molecule has 0 unspecified atom stereocenters. The lowest BCUT2D eigenvalue weighted by molar-refractivity contribution is 0.831. The molecule has 0 aliphatic heterocycles. The summed E-state index contributed by atoms with van der Waals surface area (Å²) >= 11 is 4.98. The van der Waals surface area contributed by atoms with Crippen molar-refractivity contribution < 1.29 is 0 Å². The van der Waals surface area contributed by atoms with E-state index in [4.69, 9.17) is 18.0 Å². The van der Waals surface area contributed by atoms with E-state index in [-0.39, 0.29) is 0 Å². The number of aromatic nitrogens is 2. The van der Waals surface area contributed by atoms with Crippen LogP contribution >= 0.6 is 12.2 Å². The second kappa shape index (κ2) is 6.43. The van der Waals surface area contributed by atoms with Crippen molar-refractivity contribution in [1.82, 2.24) is 9.97 Å². The standard InChI is InChI=1S/C15H18N4S/c1-11-10-13(14(16)20)18-15(17-11)19(2)9-8-12-6-4-3-5-7-12/h3-7,10H,8-9H2,1-2H3,(H2,16,20). The van der Waals surface area contributed by atoms with Gasteiger partial charge >= 0.3 is 0 Å². The zero-order valence-corrected chi connectivity index (χ0v) is 12.5. The van der Waals surface area contributed by atoms with Crippen LogP contribution in [0.5, 0.6) is 0 Å². The topological polar surface area (TPSA) is 55.0 Å². The molecule has 0 aliphatic rings. The number of benzene rings is 1. The van der Waals surface area contributed by atoms with Gasteiger partial charge in [0.05, 0.1) is 0 Å². The second-order valence-electron chi connectivity index (χ2n) is 4.72. The molecule has 0 amide bonds. The van der Waals surface area contributed by atoms with Gasteiger partial charge in [0.1, 0.15) is 10.7 Å². The zero-order valence-electron chi connectivity index (χ0n) is 11.7. The van der Waals surface area contributed by atoms with E-state index in [1.807, 2.05) is 37.1 Å². The van der Waals surface area contributed by atoms with Gasteiger partial charge in [-0.15, -0.1) is 0 Å². The Hall–Kier alpha value is -2.01. The van der Waals surface area contributed by atoms with Crippen molar-refractivity contribution in [2.75, 3.05) is 18.5 Å². The van der Waals surface area contributed by atoms with Gasteiger partial charge in [0, 0.05) is 19.3 Å². The quantitative estimate of drug-likeness (QED) is 0.853. The normalized spacial score (nSPS) is 10.3. The lowest BCUT2D eigenvalue weighted by Gasteiger charge is -2.18. The van der Waals surface area contributed by atoms with E-state index in [0.29, 0.717) is 16.6 Å². The number of hydrogen-bond acceptors (Lipinski definition) is 4. The van der Waals surface area contributed by atoms with Crippen LogP contribution in [0.3, 0.4) is 0 Å². The minimum atomic E-state index is 0.299. The maximum Gasteiger partial charge on any atom is 0.225 e. The number of aryl methyl sites for hydroxylation is 1. The molecular weight excluding hydrogens is 268 g/mol. The van der Waals surface area contributed by atoms with E-state index in [2.05, 4.69) is 22.1 Å². The van der Waals surface area contributed by atoms with Gasteiger partial charge in [-0.3, -0.25) is 0 Å². The van der Waals surface area contributed by atoms with Crippen molar-refractivity contribution >= 4 is 23.2 Å². The van der Waals surface area contributed by atoms with Gasteiger partial charge in [0.15, 0.2) is 0 Å². The SMILES string of the molecule is Cc1cc(C(N)=S)nc(N(C)CCc2ccccc2)n1. The number of anilines is 1. The maximum atomic E-state index is 5.64. The molecule has 5 heteroatoms. The molecule has 2 N–H and O–H groups in total. The van der Waals surface area contributed by atoms with E-state index in [1.165, 1.54) is 5.56 Å². The zero-order chi connectivity index (χ0) is 14.5. The predicted octanol–water partition coefficient (Wildman–Crippen LogP) is 2.10. The number of thiocarbonyl (C=S) groups is 1. The van der Waals surface area contributed by atoms with Crippen LogP contribution in [0.25, 0.3) is 0 Å². The van der Waals surface area contributed by atoms with Crippen LogP contribution in [0.4, 0.5) is 5.95 Å². The van der Waals surface area contributed by atoms with Crippen LogP contribution < -0.4 is 10.6 Å². The fourth-order valence-electron chi connectivity index (χ4n) is 1.89. The van der Waals surface area contributed by atoms with Crippen molar-refractivity contribution in [3.05, 3.63) is 53.3 Å². The van der Waals surface area contributed by atoms with E-state index < -0.39 is 0 Å². The highest BCUT2D eigenvalue weighted by Gasteiger charge is 2.08. The van der Waals surface area contributed by atoms with Crippen molar-refractivity contribution in [2.24, 2.45) is 5.73 Å². The Labute approximate surface area is 124 Å². The van der Waals surface area contributed by atoms with Crippen LogP contribution in [0.1, 0.15) is 17.0 Å². The molecule has 4 nitrogen and oxygen atoms in total. The van der Waals surface area contributed by atoms with Crippen molar-refractivity contribution in [3.8, 4) is 0 Å². The molecule has 2 rings (SSSR count). The number of nitrogens with zero attached hydrogens (tertiary/aromatic N) is 3. The predicted molar refractivity (Wildman–Crippen MR) is 86.1 cm³/mol. The third-order valence-corrected chi connectivity index (χ3v) is 3.22. The molecule has 0 fully saturated rings. The average molecular weight is 286 g/mol. The Kier molecular flexibility index (Phi) is 4.63. The first kappa shape index (κ1) is 14.4. The monoisotopic (exact) mass is 286 g/mol. The highest BCUT2D eigenvalue weighted by molar-refractivity contribution is 7.80. The van der Waals surface area contributed by atoms with E-state index >= 15 is 0 Å². The fraction of sp³-hybridized carbons (Fsp3) is 0.267. The molecule has 1 aromatic carbocycles. The molecule has 0 saturated heterocycles. The highest BCUT2D eigenvalue weighted by Crippen LogP contribution is 2.10. The third kappa shape index (κ3) is 3.74. The first-order valence-electron chi connectivity index (χ1n) is 6.47. The molecule has 0 saturated carbocycles. The molecule has 0 aliphatic carbocycles. The Morgan fingerprint density at radius 2 is 1.95 bits per heavy atom. The average Bonchev–Trinajstić information content (AvgIpc) is 2.45. The van der Waals surface area contributed by atoms with Gasteiger partial charge in [-0.1, -0.05) is 42.5 Å². The second-order valence-corrected chi connectivity index (χ2v) is 5.16. The first-order chi connectivity index (χ1) is 9.56. The largest absolute Gasteiger partial charge is 0.388 e. The van der Waals surface area contributed by atoms with E-state index in [0.717, 1.165) is 18.7 Å². The molecule has 0 atom stereocenters. The fourth-order valence-corrected chi connectivity index (χ4v) is 2.00. The lowest BCUT2D eigenvalue weighted by Crippen LogP contribution is -2.24. The van der Waals surface area contributed by atoms with Gasteiger partial charge in [-0.25, -0.2) is 9.97 Å². The summed E-state index contributed by atoms with van der Waals surface area (Å²) in [6.45, 7) is 2.75. The molecule has 20 heavy (non-hydrogen) atoms. The first-order valence-corrected chi connectivity index (χ1v) is 6.87. The van der Waals surface area contributed by atoms with Gasteiger partial charge in [0.25, 0.3) is 0 Å².